The molecule has 18 heavy (non-hydrogen) atoms. The number of nitrogens with zero attached hydrogens (tertiary/aromatic N) is 2. The minimum absolute atomic E-state index is 0.755. The fourth-order valence-corrected chi connectivity index (χ4v) is 1.81. The highest BCUT2D eigenvalue weighted by atomic mass is 14.9. The van der Waals surface area contributed by atoms with E-state index < -0.39 is 0 Å². The van der Waals surface area contributed by atoms with E-state index in [1.807, 2.05) is 48.7 Å². The first-order chi connectivity index (χ1) is 8.85. The van der Waals surface area contributed by atoms with Crippen LogP contribution >= 0.6 is 0 Å². The lowest BCUT2D eigenvalue weighted by Crippen LogP contribution is -2.00. The number of aromatic nitrogens is 2. The lowest BCUT2D eigenvalue weighted by atomic mass is 10.1. The topological polar surface area (TPSA) is 25.8 Å². The fraction of sp³-hybridized carbons (Fsp3) is 0.125. The van der Waals surface area contributed by atoms with E-state index in [2.05, 4.69) is 23.1 Å². The lowest BCUT2D eigenvalue weighted by Gasteiger charge is -2.07. The zero-order valence-electron chi connectivity index (χ0n) is 10.3. The molecule has 0 aliphatic carbocycles. The van der Waals surface area contributed by atoms with E-state index in [-0.39, 0.29) is 0 Å². The van der Waals surface area contributed by atoms with Gasteiger partial charge < -0.3 is 0 Å². The summed E-state index contributed by atoms with van der Waals surface area (Å²) >= 11 is 0. The highest BCUT2D eigenvalue weighted by Crippen LogP contribution is 2.17. The summed E-state index contributed by atoms with van der Waals surface area (Å²) in [6.45, 7) is 7.53. The summed E-state index contributed by atoms with van der Waals surface area (Å²) < 4.78 is 0. The average Bonchev–Trinajstić information content (AvgIpc) is 2.42. The Balaban J connectivity index is 2.42. The Hall–Kier alpha value is -2.22. The van der Waals surface area contributed by atoms with Gasteiger partial charge in [0.15, 0.2) is 5.82 Å². The molecule has 0 spiro atoms. The summed E-state index contributed by atoms with van der Waals surface area (Å²) in [5.74, 6) is 0.764. The van der Waals surface area contributed by atoms with Crippen molar-refractivity contribution in [3.8, 4) is 11.4 Å². The van der Waals surface area contributed by atoms with Gasteiger partial charge in [-0.3, -0.25) is 0 Å². The van der Waals surface area contributed by atoms with Gasteiger partial charge in [0.1, 0.15) is 0 Å². The molecule has 2 nitrogen and oxygen atoms in total. The van der Waals surface area contributed by atoms with Gasteiger partial charge in [-0.1, -0.05) is 42.5 Å². The largest absolute Gasteiger partial charge is 0.236 e. The summed E-state index contributed by atoms with van der Waals surface area (Å²) in [5.41, 5.74) is 3.18. The summed E-state index contributed by atoms with van der Waals surface area (Å²) in [4.78, 5) is 9.04. The standard InChI is InChI=1S/C16H16N2/c1-3-8-14-12-17-16(18-15(14)9-4-2)13-10-6-5-7-11-13/h3-7,10-12H,1-2,8-9H2. The van der Waals surface area contributed by atoms with Crippen molar-refractivity contribution < 1.29 is 0 Å². The molecule has 0 bridgehead atoms. The van der Waals surface area contributed by atoms with Crippen LogP contribution in [0.4, 0.5) is 0 Å². The molecule has 0 atom stereocenters. The summed E-state index contributed by atoms with van der Waals surface area (Å²) in [6, 6.07) is 9.99. The van der Waals surface area contributed by atoms with Crippen LogP contribution in [0, 0.1) is 0 Å². The summed E-state index contributed by atoms with van der Waals surface area (Å²) in [6.07, 6.45) is 7.16. The highest BCUT2D eigenvalue weighted by Gasteiger charge is 2.06. The molecule has 0 fully saturated rings. The third-order valence-corrected chi connectivity index (χ3v) is 2.69. The molecule has 0 aliphatic rings. The predicted octanol–water partition coefficient (Wildman–Crippen LogP) is 3.60. The van der Waals surface area contributed by atoms with Crippen molar-refractivity contribution in [1.82, 2.24) is 9.97 Å². The van der Waals surface area contributed by atoms with Crippen molar-refractivity contribution in [1.29, 1.82) is 0 Å². The third-order valence-electron chi connectivity index (χ3n) is 2.69. The summed E-state index contributed by atoms with van der Waals surface area (Å²) in [7, 11) is 0. The van der Waals surface area contributed by atoms with Crippen LogP contribution in [0.5, 0.6) is 0 Å². The van der Waals surface area contributed by atoms with Gasteiger partial charge in [-0.15, -0.1) is 13.2 Å². The Morgan fingerprint density at radius 2 is 1.72 bits per heavy atom. The second-order valence-electron chi connectivity index (χ2n) is 4.02. The molecule has 0 unspecified atom stereocenters. The van der Waals surface area contributed by atoms with E-state index in [1.165, 1.54) is 0 Å². The fourth-order valence-electron chi connectivity index (χ4n) is 1.81. The molecular formula is C16H16N2. The molecule has 0 amide bonds. The van der Waals surface area contributed by atoms with E-state index in [1.54, 1.807) is 0 Å². The lowest BCUT2D eigenvalue weighted by molar-refractivity contribution is 0.997. The van der Waals surface area contributed by atoms with Crippen molar-refractivity contribution in [2.45, 2.75) is 12.8 Å². The Bertz CT molecular complexity index is 544. The first-order valence-corrected chi connectivity index (χ1v) is 5.97. The number of hydrogen-bond acceptors (Lipinski definition) is 2. The molecule has 0 aliphatic heterocycles. The van der Waals surface area contributed by atoms with Crippen LogP contribution in [0.15, 0.2) is 61.8 Å². The first kappa shape index (κ1) is 12.2. The van der Waals surface area contributed by atoms with Gasteiger partial charge in [-0.25, -0.2) is 9.97 Å². The second kappa shape index (κ2) is 5.92. The normalized spacial score (nSPS) is 10.0. The van der Waals surface area contributed by atoms with E-state index in [9.17, 15) is 0 Å². The maximum Gasteiger partial charge on any atom is 0.159 e. The zero-order chi connectivity index (χ0) is 12.8. The van der Waals surface area contributed by atoms with Gasteiger partial charge in [0.2, 0.25) is 0 Å². The Kier molecular flexibility index (Phi) is 4.02. The van der Waals surface area contributed by atoms with Crippen molar-refractivity contribution >= 4 is 0 Å². The van der Waals surface area contributed by atoms with Crippen LogP contribution in [0.25, 0.3) is 11.4 Å². The SMILES string of the molecule is C=CCc1cnc(-c2ccccc2)nc1CC=C. The molecule has 90 valence electrons. The Labute approximate surface area is 108 Å². The second-order valence-corrected chi connectivity index (χ2v) is 4.02. The van der Waals surface area contributed by atoms with Gasteiger partial charge in [-0.2, -0.15) is 0 Å². The third kappa shape index (κ3) is 2.72. The van der Waals surface area contributed by atoms with Crippen LogP contribution in [-0.2, 0) is 12.8 Å². The van der Waals surface area contributed by atoms with E-state index in [4.69, 9.17) is 0 Å². The van der Waals surface area contributed by atoms with E-state index >= 15 is 0 Å². The smallest absolute Gasteiger partial charge is 0.159 e. The van der Waals surface area contributed by atoms with Gasteiger partial charge >= 0.3 is 0 Å². The van der Waals surface area contributed by atoms with Crippen molar-refractivity contribution in [2.24, 2.45) is 0 Å². The Morgan fingerprint density at radius 3 is 2.39 bits per heavy atom. The predicted molar refractivity (Wildman–Crippen MR) is 75.3 cm³/mol. The monoisotopic (exact) mass is 236 g/mol. The molecule has 2 heteroatoms. The number of allylic oxidation sites excluding steroid dienone is 2. The highest BCUT2D eigenvalue weighted by molar-refractivity contribution is 5.54. The van der Waals surface area contributed by atoms with Crippen LogP contribution in [-0.4, -0.2) is 9.97 Å². The van der Waals surface area contributed by atoms with E-state index in [0.29, 0.717) is 0 Å². The zero-order valence-corrected chi connectivity index (χ0v) is 10.3. The van der Waals surface area contributed by atoms with Gasteiger partial charge in [0.05, 0.1) is 5.69 Å². The molecule has 2 rings (SSSR count). The van der Waals surface area contributed by atoms with Gasteiger partial charge in [0.25, 0.3) is 0 Å². The molecule has 1 heterocycles. The molecule has 0 saturated carbocycles. The first-order valence-electron chi connectivity index (χ1n) is 5.97. The maximum atomic E-state index is 4.62. The average molecular weight is 236 g/mol. The van der Waals surface area contributed by atoms with Crippen LogP contribution in [0.3, 0.4) is 0 Å². The maximum absolute atomic E-state index is 4.62. The van der Waals surface area contributed by atoms with Crippen molar-refractivity contribution in [3.63, 3.8) is 0 Å². The Morgan fingerprint density at radius 1 is 1.00 bits per heavy atom. The molecule has 1 aromatic heterocycles. The van der Waals surface area contributed by atoms with Crippen LogP contribution in [0.1, 0.15) is 11.3 Å². The minimum Gasteiger partial charge on any atom is -0.236 e. The summed E-state index contributed by atoms with van der Waals surface area (Å²) in [5, 5.41) is 0. The van der Waals surface area contributed by atoms with Gasteiger partial charge in [-0.05, 0) is 12.0 Å². The van der Waals surface area contributed by atoms with Crippen LogP contribution in [0.2, 0.25) is 0 Å². The number of benzene rings is 1. The minimum atomic E-state index is 0.755. The molecule has 2 aromatic rings. The molecule has 0 saturated heterocycles. The van der Waals surface area contributed by atoms with Crippen molar-refractivity contribution in [3.05, 3.63) is 73.1 Å². The van der Waals surface area contributed by atoms with Crippen molar-refractivity contribution in [2.75, 3.05) is 0 Å². The molecular weight excluding hydrogens is 220 g/mol. The van der Waals surface area contributed by atoms with Crippen LogP contribution < -0.4 is 0 Å². The molecule has 0 radical (unpaired) electrons. The van der Waals surface area contributed by atoms with E-state index in [0.717, 1.165) is 35.5 Å². The molecule has 1 aromatic carbocycles. The van der Waals surface area contributed by atoms with Gasteiger partial charge in [0, 0.05) is 18.2 Å². The number of rotatable bonds is 5. The number of hydrogen-bond donors (Lipinski definition) is 0. The quantitative estimate of drug-likeness (QED) is 0.741. The molecule has 0 N–H and O–H groups in total.